The second kappa shape index (κ2) is 9.10. The minimum atomic E-state index is -0.379. The lowest BCUT2D eigenvalue weighted by atomic mass is 9.95. The van der Waals surface area contributed by atoms with Gasteiger partial charge in [0.05, 0.1) is 17.1 Å². The molecular weight excluding hydrogens is 524 g/mol. The molecular formula is C28H24BrClN4O. The topological polar surface area (TPSA) is 52.2 Å². The average molecular weight is 548 g/mol. The Morgan fingerprint density at radius 2 is 1.77 bits per heavy atom. The smallest absolute Gasteiger partial charge is 0.282 e. The number of hydrogen-bond acceptors (Lipinski definition) is 3. The molecule has 0 fully saturated rings. The van der Waals surface area contributed by atoms with E-state index in [0.29, 0.717) is 23.3 Å². The van der Waals surface area contributed by atoms with E-state index in [-0.39, 0.29) is 11.0 Å². The summed E-state index contributed by atoms with van der Waals surface area (Å²) in [6.07, 6.45) is 3.79. The summed E-state index contributed by atoms with van der Waals surface area (Å²) in [6.45, 7) is 6.72. The molecule has 0 spiro atoms. The summed E-state index contributed by atoms with van der Waals surface area (Å²) in [5, 5.41) is 6.97. The highest BCUT2D eigenvalue weighted by Crippen LogP contribution is 2.25. The molecule has 2 heterocycles. The largest absolute Gasteiger partial charge is 0.342 e. The second-order valence-electron chi connectivity index (χ2n) is 9.53. The summed E-state index contributed by atoms with van der Waals surface area (Å²) in [7, 11) is 0. The highest BCUT2D eigenvalue weighted by Gasteiger charge is 2.23. The molecule has 0 aliphatic rings. The summed E-state index contributed by atoms with van der Waals surface area (Å²) in [4.78, 5) is 18.3. The van der Waals surface area contributed by atoms with Gasteiger partial charge in [0.25, 0.3) is 5.56 Å². The van der Waals surface area contributed by atoms with Crippen molar-refractivity contribution in [1.82, 2.24) is 14.2 Å². The predicted molar refractivity (Wildman–Crippen MR) is 148 cm³/mol. The Kier molecular flexibility index (Phi) is 6.11. The van der Waals surface area contributed by atoms with Crippen LogP contribution in [0.15, 0.2) is 87.3 Å². The molecule has 0 saturated carbocycles. The fraction of sp³-hybridized carbons (Fsp3) is 0.179. The lowest BCUT2D eigenvalue weighted by Gasteiger charge is -2.20. The van der Waals surface area contributed by atoms with E-state index in [2.05, 4.69) is 37.7 Å². The third-order valence-electron chi connectivity index (χ3n) is 5.91. The monoisotopic (exact) mass is 546 g/mol. The lowest BCUT2D eigenvalue weighted by Crippen LogP contribution is -2.29. The fourth-order valence-electron chi connectivity index (χ4n) is 4.18. The van der Waals surface area contributed by atoms with Crippen molar-refractivity contribution in [2.24, 2.45) is 5.10 Å². The first kappa shape index (κ1) is 23.5. The first-order valence-electron chi connectivity index (χ1n) is 11.3. The molecule has 0 bridgehead atoms. The molecule has 0 saturated heterocycles. The van der Waals surface area contributed by atoms with E-state index in [4.69, 9.17) is 16.6 Å². The van der Waals surface area contributed by atoms with Crippen molar-refractivity contribution in [2.45, 2.75) is 32.7 Å². The predicted octanol–water partition coefficient (Wildman–Crippen LogP) is 7.00. The Balaban J connectivity index is 1.65. The molecule has 0 N–H and O–H groups in total. The molecule has 5 rings (SSSR count). The number of aromatic nitrogens is 3. The highest BCUT2D eigenvalue weighted by molar-refractivity contribution is 9.10. The molecule has 0 aliphatic carbocycles. The highest BCUT2D eigenvalue weighted by atomic mass is 79.9. The van der Waals surface area contributed by atoms with E-state index in [1.807, 2.05) is 75.5 Å². The van der Waals surface area contributed by atoms with Gasteiger partial charge in [-0.1, -0.05) is 84.7 Å². The zero-order chi connectivity index (χ0) is 24.7. The van der Waals surface area contributed by atoms with Crippen molar-refractivity contribution in [3.05, 3.63) is 110 Å². The molecule has 2 aromatic heterocycles. The third-order valence-corrected chi connectivity index (χ3v) is 6.77. The van der Waals surface area contributed by atoms with Crippen LogP contribution in [0.1, 0.15) is 37.7 Å². The fourth-order valence-corrected chi connectivity index (χ4v) is 4.74. The van der Waals surface area contributed by atoms with Gasteiger partial charge in [-0.15, -0.1) is 0 Å². The number of nitrogens with zero attached hydrogens (tertiary/aromatic N) is 4. The van der Waals surface area contributed by atoms with E-state index in [1.54, 1.807) is 12.3 Å². The molecule has 0 aliphatic heterocycles. The molecule has 5 nitrogen and oxygen atoms in total. The van der Waals surface area contributed by atoms with Crippen LogP contribution in [-0.2, 0) is 12.0 Å². The number of hydrogen-bond donors (Lipinski definition) is 0. The maximum atomic E-state index is 13.5. The molecule has 5 aromatic rings. The number of para-hydroxylation sites is 1. The van der Waals surface area contributed by atoms with E-state index in [9.17, 15) is 4.79 Å². The van der Waals surface area contributed by atoms with E-state index >= 15 is 0 Å². The second-order valence-corrected chi connectivity index (χ2v) is 10.9. The van der Waals surface area contributed by atoms with Crippen molar-refractivity contribution in [3.63, 3.8) is 0 Å². The van der Waals surface area contributed by atoms with Crippen molar-refractivity contribution >= 4 is 55.6 Å². The van der Waals surface area contributed by atoms with Gasteiger partial charge in [0.1, 0.15) is 5.82 Å². The van der Waals surface area contributed by atoms with Gasteiger partial charge in [0.2, 0.25) is 0 Å². The minimum Gasteiger partial charge on any atom is -0.342 e. The van der Waals surface area contributed by atoms with Crippen LogP contribution < -0.4 is 5.56 Å². The standard InChI is InChI=1S/C28H24BrClN4O/c1-28(2,3)27-32-24-13-12-20(29)14-22(24)26(35)34(27)31-15-19-17-33(25-11-7-5-9-21(19)25)16-18-8-4-6-10-23(18)30/h4-15,17H,16H2,1-3H3. The van der Waals surface area contributed by atoms with Crippen molar-refractivity contribution < 1.29 is 0 Å². The molecule has 7 heteroatoms. The Morgan fingerprint density at radius 3 is 2.54 bits per heavy atom. The lowest BCUT2D eigenvalue weighted by molar-refractivity contribution is 0.506. The molecule has 0 unspecified atom stereocenters. The first-order valence-corrected chi connectivity index (χ1v) is 12.5. The summed E-state index contributed by atoms with van der Waals surface area (Å²) < 4.78 is 4.40. The molecule has 0 radical (unpaired) electrons. The van der Waals surface area contributed by atoms with Crippen LogP contribution in [-0.4, -0.2) is 20.4 Å². The third kappa shape index (κ3) is 4.56. The van der Waals surface area contributed by atoms with Crippen molar-refractivity contribution in [2.75, 3.05) is 0 Å². The minimum absolute atomic E-state index is 0.197. The molecule has 176 valence electrons. The van der Waals surface area contributed by atoms with Gasteiger partial charge in [-0.3, -0.25) is 4.79 Å². The van der Waals surface area contributed by atoms with E-state index in [0.717, 1.165) is 31.5 Å². The average Bonchev–Trinajstić information content (AvgIpc) is 3.17. The Bertz CT molecular complexity index is 1660. The van der Waals surface area contributed by atoms with E-state index < -0.39 is 0 Å². The molecule has 3 aromatic carbocycles. The van der Waals surface area contributed by atoms with Crippen molar-refractivity contribution in [1.29, 1.82) is 0 Å². The number of rotatable bonds is 4. The summed E-state index contributed by atoms with van der Waals surface area (Å²) in [5.41, 5.74) is 3.10. The number of fused-ring (bicyclic) bond motifs is 2. The van der Waals surface area contributed by atoms with Gasteiger partial charge < -0.3 is 4.57 Å². The molecule has 35 heavy (non-hydrogen) atoms. The van der Waals surface area contributed by atoms with Gasteiger partial charge >= 0.3 is 0 Å². The van der Waals surface area contributed by atoms with Gasteiger partial charge in [-0.2, -0.15) is 9.78 Å². The zero-order valence-corrected chi connectivity index (χ0v) is 22.0. The van der Waals surface area contributed by atoms with Crippen LogP contribution in [0.3, 0.4) is 0 Å². The molecule has 0 amide bonds. The van der Waals surface area contributed by atoms with Gasteiger partial charge in [-0.05, 0) is 35.9 Å². The molecule has 0 atom stereocenters. The van der Waals surface area contributed by atoms with Crippen LogP contribution in [0.5, 0.6) is 0 Å². The Labute approximate surface area is 216 Å². The quantitative estimate of drug-likeness (QED) is 0.228. The van der Waals surface area contributed by atoms with Crippen LogP contribution in [0.25, 0.3) is 21.8 Å². The number of halogens is 2. The maximum Gasteiger partial charge on any atom is 0.282 e. The summed E-state index contributed by atoms with van der Waals surface area (Å²) >= 11 is 9.88. The Hall–Kier alpha value is -3.22. The van der Waals surface area contributed by atoms with Crippen LogP contribution in [0, 0.1) is 0 Å². The van der Waals surface area contributed by atoms with Crippen LogP contribution in [0.2, 0.25) is 5.02 Å². The van der Waals surface area contributed by atoms with Crippen LogP contribution >= 0.6 is 27.5 Å². The van der Waals surface area contributed by atoms with Crippen LogP contribution in [0.4, 0.5) is 0 Å². The number of benzene rings is 3. The SMILES string of the molecule is CC(C)(C)c1nc2ccc(Br)cc2c(=O)n1N=Cc1cn(Cc2ccccc2Cl)c2ccccc12. The summed E-state index contributed by atoms with van der Waals surface area (Å²) in [5.74, 6) is 0.605. The first-order chi connectivity index (χ1) is 16.7. The van der Waals surface area contributed by atoms with E-state index in [1.165, 1.54) is 4.68 Å². The normalized spacial score (nSPS) is 12.3. The Morgan fingerprint density at radius 1 is 1.03 bits per heavy atom. The zero-order valence-electron chi connectivity index (χ0n) is 19.7. The van der Waals surface area contributed by atoms with Gasteiger partial charge in [0.15, 0.2) is 0 Å². The van der Waals surface area contributed by atoms with Crippen molar-refractivity contribution in [3.8, 4) is 0 Å². The maximum absolute atomic E-state index is 13.5. The van der Waals surface area contributed by atoms with Gasteiger partial charge in [-0.25, -0.2) is 4.98 Å². The van der Waals surface area contributed by atoms with Gasteiger partial charge in [0, 0.05) is 44.1 Å². The summed E-state index contributed by atoms with van der Waals surface area (Å²) in [6, 6.07) is 21.5.